The predicted octanol–water partition coefficient (Wildman–Crippen LogP) is 1.50. The van der Waals surface area contributed by atoms with Crippen LogP contribution in [-0.2, 0) is 0 Å². The van der Waals surface area contributed by atoms with Crippen LogP contribution in [0.1, 0.15) is 11.7 Å². The highest BCUT2D eigenvalue weighted by molar-refractivity contribution is 5.89. The summed E-state index contributed by atoms with van der Waals surface area (Å²) in [6, 6.07) is 8.47. The van der Waals surface area contributed by atoms with E-state index in [1.807, 2.05) is 12.1 Å². The van der Waals surface area contributed by atoms with Crippen molar-refractivity contribution in [2.45, 2.75) is 6.92 Å². The van der Waals surface area contributed by atoms with Crippen molar-refractivity contribution in [3.63, 3.8) is 0 Å². The molecule has 0 aliphatic carbocycles. The van der Waals surface area contributed by atoms with Crippen LogP contribution < -0.4 is 0 Å². The van der Waals surface area contributed by atoms with Crippen LogP contribution >= 0.6 is 0 Å². The molecule has 0 saturated carbocycles. The molecule has 0 atom stereocenters. The van der Waals surface area contributed by atoms with E-state index in [1.54, 1.807) is 12.3 Å². The molecule has 0 saturated heterocycles. The Morgan fingerprint density at radius 3 is 3.25 bits per heavy atom. The molecule has 1 aromatic heterocycles. The molecule has 1 radical (unpaired) electrons. The average molecular weight is 159 g/mol. The maximum Gasteiger partial charge on any atom is 0.244 e. The summed E-state index contributed by atoms with van der Waals surface area (Å²) in [6.07, 6.45) is 1.64. The fourth-order valence-corrected chi connectivity index (χ4v) is 1.16. The highest BCUT2D eigenvalue weighted by Gasteiger charge is 2.03. The van der Waals surface area contributed by atoms with Crippen LogP contribution in [0.15, 0.2) is 24.4 Å². The molecule has 1 aromatic carbocycles. The molecule has 0 amide bonds. The number of fused-ring (bicyclic) bond motifs is 1. The Morgan fingerprint density at radius 1 is 1.67 bits per heavy atom. The molecule has 0 N–H and O–H groups in total. The topological polar surface area (TPSA) is 34.9 Å². The van der Waals surface area contributed by atoms with E-state index in [2.05, 4.69) is 11.2 Å². The van der Waals surface area contributed by atoms with Crippen molar-refractivity contribution in [1.29, 1.82) is 0 Å². The number of carbonyl (C=O) groups is 1. The van der Waals surface area contributed by atoms with E-state index in [1.165, 1.54) is 11.6 Å². The maximum atomic E-state index is 11.0. The SMILES string of the molecule is CC(=O)n1ncc2[c]cccc21. The van der Waals surface area contributed by atoms with Crippen molar-refractivity contribution >= 4 is 16.8 Å². The minimum atomic E-state index is -0.0791. The van der Waals surface area contributed by atoms with Gasteiger partial charge < -0.3 is 0 Å². The van der Waals surface area contributed by atoms with Gasteiger partial charge in [-0.3, -0.25) is 4.79 Å². The van der Waals surface area contributed by atoms with Gasteiger partial charge in [0.05, 0.1) is 11.7 Å². The molecule has 0 aliphatic heterocycles. The molecule has 12 heavy (non-hydrogen) atoms. The molecule has 2 aromatic rings. The minimum absolute atomic E-state index is 0.0791. The van der Waals surface area contributed by atoms with Crippen molar-refractivity contribution in [3.8, 4) is 0 Å². The summed E-state index contributed by atoms with van der Waals surface area (Å²) in [5.41, 5.74) is 0.810. The third-order valence-corrected chi connectivity index (χ3v) is 1.69. The van der Waals surface area contributed by atoms with Gasteiger partial charge in [0.2, 0.25) is 5.91 Å². The first-order chi connectivity index (χ1) is 5.79. The Kier molecular flexibility index (Phi) is 1.43. The number of hydrogen-bond donors (Lipinski definition) is 0. The van der Waals surface area contributed by atoms with Gasteiger partial charge >= 0.3 is 0 Å². The Hall–Kier alpha value is -1.64. The molecule has 0 unspecified atom stereocenters. The second kappa shape index (κ2) is 2.44. The lowest BCUT2D eigenvalue weighted by Gasteiger charge is -1.94. The second-order valence-electron chi connectivity index (χ2n) is 2.54. The van der Waals surface area contributed by atoms with Gasteiger partial charge in [-0.15, -0.1) is 0 Å². The molecule has 1 heterocycles. The van der Waals surface area contributed by atoms with Crippen LogP contribution in [0, 0.1) is 6.07 Å². The fourth-order valence-electron chi connectivity index (χ4n) is 1.16. The summed E-state index contributed by atoms with van der Waals surface area (Å²) in [7, 11) is 0. The Bertz CT molecular complexity index is 431. The maximum absolute atomic E-state index is 11.0. The van der Waals surface area contributed by atoms with Crippen LogP contribution in [0.3, 0.4) is 0 Å². The monoisotopic (exact) mass is 159 g/mol. The fraction of sp³-hybridized carbons (Fsp3) is 0.111. The van der Waals surface area contributed by atoms with Gasteiger partial charge in [-0.2, -0.15) is 5.10 Å². The van der Waals surface area contributed by atoms with Gasteiger partial charge in [0.1, 0.15) is 0 Å². The van der Waals surface area contributed by atoms with Crippen LogP contribution in [0.25, 0.3) is 10.9 Å². The molecule has 3 nitrogen and oxygen atoms in total. The molecule has 0 spiro atoms. The van der Waals surface area contributed by atoms with Crippen molar-refractivity contribution in [2.75, 3.05) is 0 Å². The summed E-state index contributed by atoms with van der Waals surface area (Å²) in [4.78, 5) is 11.0. The van der Waals surface area contributed by atoms with Gasteiger partial charge in [-0.25, -0.2) is 4.68 Å². The molecular weight excluding hydrogens is 152 g/mol. The number of benzene rings is 1. The average Bonchev–Trinajstić information content (AvgIpc) is 2.47. The highest BCUT2D eigenvalue weighted by Crippen LogP contribution is 2.11. The first-order valence-electron chi connectivity index (χ1n) is 3.64. The van der Waals surface area contributed by atoms with Gasteiger partial charge in [0, 0.05) is 12.3 Å². The highest BCUT2D eigenvalue weighted by atomic mass is 16.2. The lowest BCUT2D eigenvalue weighted by Crippen LogP contribution is -2.06. The van der Waals surface area contributed by atoms with E-state index in [0.717, 1.165) is 10.9 Å². The standard InChI is InChI=1S/C9H7N2O/c1-7(12)11-9-5-3-2-4-8(9)6-10-11/h2-3,5-6H,1H3. The zero-order valence-corrected chi connectivity index (χ0v) is 6.61. The molecule has 3 heteroatoms. The Balaban J connectivity index is 2.79. The summed E-state index contributed by atoms with van der Waals surface area (Å²) >= 11 is 0. The van der Waals surface area contributed by atoms with Crippen LogP contribution in [0.2, 0.25) is 0 Å². The van der Waals surface area contributed by atoms with E-state index in [9.17, 15) is 4.79 Å². The van der Waals surface area contributed by atoms with E-state index >= 15 is 0 Å². The van der Waals surface area contributed by atoms with Crippen LogP contribution in [0.4, 0.5) is 0 Å². The van der Waals surface area contributed by atoms with Crippen molar-refractivity contribution in [1.82, 2.24) is 9.78 Å². The predicted molar refractivity (Wildman–Crippen MR) is 44.9 cm³/mol. The third kappa shape index (κ3) is 0.906. The van der Waals surface area contributed by atoms with E-state index in [4.69, 9.17) is 0 Å². The van der Waals surface area contributed by atoms with Gasteiger partial charge in [0.15, 0.2) is 0 Å². The molecule has 59 valence electrons. The smallest absolute Gasteiger partial charge is 0.244 e. The molecular formula is C9H7N2O. The van der Waals surface area contributed by atoms with E-state index in [-0.39, 0.29) is 5.91 Å². The number of aromatic nitrogens is 2. The third-order valence-electron chi connectivity index (χ3n) is 1.69. The molecule has 2 rings (SSSR count). The van der Waals surface area contributed by atoms with Crippen LogP contribution in [0.5, 0.6) is 0 Å². The zero-order chi connectivity index (χ0) is 8.55. The number of carbonyl (C=O) groups excluding carboxylic acids is 1. The van der Waals surface area contributed by atoms with Crippen molar-refractivity contribution in [2.24, 2.45) is 0 Å². The second-order valence-corrected chi connectivity index (χ2v) is 2.54. The molecule has 0 aliphatic rings. The number of nitrogens with zero attached hydrogens (tertiary/aromatic N) is 2. The number of hydrogen-bond acceptors (Lipinski definition) is 2. The van der Waals surface area contributed by atoms with Crippen molar-refractivity contribution < 1.29 is 4.79 Å². The van der Waals surface area contributed by atoms with Crippen LogP contribution in [-0.4, -0.2) is 15.7 Å². The van der Waals surface area contributed by atoms with Gasteiger partial charge in [0.25, 0.3) is 0 Å². The molecule has 0 fully saturated rings. The Labute approximate surface area is 69.6 Å². The lowest BCUT2D eigenvalue weighted by atomic mass is 10.3. The first-order valence-corrected chi connectivity index (χ1v) is 3.64. The quantitative estimate of drug-likeness (QED) is 0.583. The largest absolute Gasteiger partial charge is 0.273 e. The minimum Gasteiger partial charge on any atom is -0.273 e. The Morgan fingerprint density at radius 2 is 2.50 bits per heavy atom. The zero-order valence-electron chi connectivity index (χ0n) is 6.61. The van der Waals surface area contributed by atoms with Gasteiger partial charge in [-0.05, 0) is 12.1 Å². The summed E-state index contributed by atoms with van der Waals surface area (Å²) < 4.78 is 1.37. The summed E-state index contributed by atoms with van der Waals surface area (Å²) in [6.45, 7) is 1.49. The van der Waals surface area contributed by atoms with Gasteiger partial charge in [-0.1, -0.05) is 12.1 Å². The van der Waals surface area contributed by atoms with E-state index < -0.39 is 0 Å². The van der Waals surface area contributed by atoms with E-state index in [0.29, 0.717) is 0 Å². The normalized spacial score (nSPS) is 10.4. The lowest BCUT2D eigenvalue weighted by molar-refractivity contribution is 0.0927. The first kappa shape index (κ1) is 7.03. The molecule has 0 bridgehead atoms. The summed E-state index contributed by atoms with van der Waals surface area (Å²) in [5, 5.41) is 4.80. The summed E-state index contributed by atoms with van der Waals surface area (Å²) in [5.74, 6) is -0.0791. The number of rotatable bonds is 0. The van der Waals surface area contributed by atoms with Crippen molar-refractivity contribution in [3.05, 3.63) is 30.5 Å².